The second-order valence-corrected chi connectivity index (χ2v) is 3.53. The van der Waals surface area contributed by atoms with Gasteiger partial charge in [-0.2, -0.15) is 0 Å². The summed E-state index contributed by atoms with van der Waals surface area (Å²) in [6.45, 7) is 1.48. The van der Waals surface area contributed by atoms with Gasteiger partial charge in [0.1, 0.15) is 6.61 Å². The van der Waals surface area contributed by atoms with E-state index in [1.807, 2.05) is 43.4 Å². The van der Waals surface area contributed by atoms with E-state index in [2.05, 4.69) is 5.10 Å². The summed E-state index contributed by atoms with van der Waals surface area (Å²) in [7, 11) is 3.99. The van der Waals surface area contributed by atoms with E-state index in [4.69, 9.17) is 10.5 Å². The SMILES string of the molecule is CN(C)CCO/C=N/N1C=CC=C/C1=C\N. The Kier molecular flexibility index (Phi) is 5.15. The Morgan fingerprint density at radius 2 is 2.31 bits per heavy atom. The first-order valence-corrected chi connectivity index (χ1v) is 5.09. The molecule has 0 fully saturated rings. The number of hydrogen-bond donors (Lipinski definition) is 1. The highest BCUT2D eigenvalue weighted by atomic mass is 16.5. The number of rotatable bonds is 5. The normalized spacial score (nSPS) is 17.9. The molecular weight excluding hydrogens is 204 g/mol. The lowest BCUT2D eigenvalue weighted by Gasteiger charge is -2.16. The van der Waals surface area contributed by atoms with Crippen LogP contribution >= 0.6 is 0 Å². The molecule has 1 rings (SSSR count). The van der Waals surface area contributed by atoms with Gasteiger partial charge in [0, 0.05) is 18.9 Å². The van der Waals surface area contributed by atoms with Crippen LogP contribution in [0.1, 0.15) is 0 Å². The van der Waals surface area contributed by atoms with E-state index in [9.17, 15) is 0 Å². The highest BCUT2D eigenvalue weighted by Crippen LogP contribution is 2.10. The van der Waals surface area contributed by atoms with E-state index < -0.39 is 0 Å². The van der Waals surface area contributed by atoms with E-state index in [1.54, 1.807) is 5.01 Å². The average Bonchev–Trinajstić information content (AvgIpc) is 2.29. The van der Waals surface area contributed by atoms with E-state index in [1.165, 1.54) is 12.6 Å². The van der Waals surface area contributed by atoms with E-state index >= 15 is 0 Å². The topological polar surface area (TPSA) is 54.1 Å². The Bertz CT molecular complexity index is 318. The highest BCUT2D eigenvalue weighted by Gasteiger charge is 2.02. The predicted octanol–water partition coefficient (Wildman–Crippen LogP) is 0.694. The van der Waals surface area contributed by atoms with Crippen molar-refractivity contribution in [2.75, 3.05) is 27.2 Å². The largest absolute Gasteiger partial charge is 0.481 e. The summed E-state index contributed by atoms with van der Waals surface area (Å²) in [5, 5.41) is 5.76. The number of nitrogens with two attached hydrogens (primary N) is 1. The molecule has 1 aliphatic heterocycles. The first-order valence-electron chi connectivity index (χ1n) is 5.09. The van der Waals surface area contributed by atoms with Crippen LogP contribution in [0.15, 0.2) is 41.4 Å². The Balaban J connectivity index is 2.33. The summed E-state index contributed by atoms with van der Waals surface area (Å²) in [4.78, 5) is 2.04. The number of hydrogen-bond acceptors (Lipinski definition) is 5. The molecule has 5 heteroatoms. The molecule has 1 heterocycles. The van der Waals surface area contributed by atoms with Crippen molar-refractivity contribution in [1.82, 2.24) is 9.91 Å². The maximum absolute atomic E-state index is 5.45. The van der Waals surface area contributed by atoms with Crippen molar-refractivity contribution in [3.05, 3.63) is 36.3 Å². The monoisotopic (exact) mass is 222 g/mol. The van der Waals surface area contributed by atoms with Crippen LogP contribution in [-0.4, -0.2) is 43.6 Å². The minimum atomic E-state index is 0.617. The second-order valence-electron chi connectivity index (χ2n) is 3.53. The molecule has 16 heavy (non-hydrogen) atoms. The van der Waals surface area contributed by atoms with Crippen LogP contribution in [0.3, 0.4) is 0 Å². The fraction of sp³-hybridized carbons (Fsp3) is 0.364. The van der Waals surface area contributed by atoms with Crippen molar-refractivity contribution in [3.8, 4) is 0 Å². The molecule has 0 amide bonds. The lowest BCUT2D eigenvalue weighted by atomic mass is 10.3. The van der Waals surface area contributed by atoms with Gasteiger partial charge in [0.05, 0.1) is 5.70 Å². The average molecular weight is 222 g/mol. The molecule has 0 bridgehead atoms. The van der Waals surface area contributed by atoms with Crippen molar-refractivity contribution in [2.24, 2.45) is 10.8 Å². The van der Waals surface area contributed by atoms with Gasteiger partial charge in [0.2, 0.25) is 0 Å². The van der Waals surface area contributed by atoms with Crippen molar-refractivity contribution in [2.45, 2.75) is 0 Å². The van der Waals surface area contributed by atoms with Crippen molar-refractivity contribution in [3.63, 3.8) is 0 Å². The van der Waals surface area contributed by atoms with Gasteiger partial charge in [0.25, 0.3) is 0 Å². The highest BCUT2D eigenvalue weighted by molar-refractivity contribution is 5.46. The number of likely N-dealkylation sites (N-methyl/N-ethyl adjacent to an activating group) is 1. The Hall–Kier alpha value is -1.75. The minimum Gasteiger partial charge on any atom is -0.481 e. The van der Waals surface area contributed by atoms with Crippen molar-refractivity contribution < 1.29 is 4.74 Å². The molecule has 1 aliphatic rings. The maximum atomic E-state index is 5.45. The third-order valence-electron chi connectivity index (χ3n) is 1.94. The fourth-order valence-electron chi connectivity index (χ4n) is 1.06. The fourth-order valence-corrected chi connectivity index (χ4v) is 1.06. The van der Waals surface area contributed by atoms with Crippen molar-refractivity contribution in [1.29, 1.82) is 0 Å². The number of nitrogens with zero attached hydrogens (tertiary/aromatic N) is 3. The zero-order valence-corrected chi connectivity index (χ0v) is 9.71. The number of allylic oxidation sites excluding steroid dienone is 3. The molecule has 0 atom stereocenters. The van der Waals surface area contributed by atoms with E-state index in [-0.39, 0.29) is 0 Å². The van der Waals surface area contributed by atoms with Gasteiger partial charge in [-0.05, 0) is 26.2 Å². The smallest absolute Gasteiger partial charge is 0.193 e. The summed E-state index contributed by atoms with van der Waals surface area (Å²) in [6.07, 6.45) is 10.4. The van der Waals surface area contributed by atoms with E-state index in [0.29, 0.717) is 6.61 Å². The quantitative estimate of drug-likeness (QED) is 0.422. The Labute approximate surface area is 96.2 Å². The van der Waals surface area contributed by atoms with Crippen LogP contribution in [-0.2, 0) is 4.74 Å². The van der Waals surface area contributed by atoms with Gasteiger partial charge < -0.3 is 15.4 Å². The molecule has 0 unspecified atom stereocenters. The molecule has 0 aromatic heterocycles. The Morgan fingerprint density at radius 1 is 1.50 bits per heavy atom. The maximum Gasteiger partial charge on any atom is 0.193 e. The lowest BCUT2D eigenvalue weighted by molar-refractivity contribution is 0.256. The number of ether oxygens (including phenoxy) is 1. The molecule has 5 nitrogen and oxygen atoms in total. The van der Waals surface area contributed by atoms with Crippen LogP contribution in [0.5, 0.6) is 0 Å². The summed E-state index contributed by atoms with van der Waals surface area (Å²) < 4.78 is 5.24. The molecule has 2 N–H and O–H groups in total. The summed E-state index contributed by atoms with van der Waals surface area (Å²) in [5.41, 5.74) is 6.27. The zero-order chi connectivity index (χ0) is 11.8. The summed E-state index contributed by atoms with van der Waals surface area (Å²) in [6, 6.07) is 0. The molecule has 0 saturated heterocycles. The van der Waals surface area contributed by atoms with Gasteiger partial charge in [-0.3, -0.25) is 0 Å². The molecular formula is C11H18N4O. The molecule has 0 saturated carbocycles. The van der Waals surface area contributed by atoms with E-state index in [0.717, 1.165) is 12.2 Å². The van der Waals surface area contributed by atoms with Gasteiger partial charge in [-0.1, -0.05) is 6.08 Å². The molecule has 88 valence electrons. The molecule has 0 aromatic carbocycles. The zero-order valence-electron chi connectivity index (χ0n) is 9.71. The molecule has 0 spiro atoms. The third kappa shape index (κ3) is 4.18. The minimum absolute atomic E-state index is 0.617. The van der Waals surface area contributed by atoms with Gasteiger partial charge in [0.15, 0.2) is 6.40 Å². The van der Waals surface area contributed by atoms with Gasteiger partial charge in [-0.15, -0.1) is 5.10 Å². The summed E-state index contributed by atoms with van der Waals surface area (Å²) in [5.74, 6) is 0. The number of hydrazone groups is 1. The van der Waals surface area contributed by atoms with Crippen LogP contribution < -0.4 is 5.73 Å². The summed E-state index contributed by atoms with van der Waals surface area (Å²) >= 11 is 0. The molecule has 0 aliphatic carbocycles. The molecule has 0 radical (unpaired) electrons. The van der Waals surface area contributed by atoms with Crippen LogP contribution in [0.4, 0.5) is 0 Å². The van der Waals surface area contributed by atoms with Crippen LogP contribution in [0.2, 0.25) is 0 Å². The third-order valence-corrected chi connectivity index (χ3v) is 1.94. The lowest BCUT2D eigenvalue weighted by Crippen LogP contribution is -2.18. The first kappa shape index (κ1) is 12.3. The van der Waals surface area contributed by atoms with Gasteiger partial charge >= 0.3 is 0 Å². The van der Waals surface area contributed by atoms with Crippen molar-refractivity contribution >= 4 is 6.40 Å². The predicted molar refractivity (Wildman–Crippen MR) is 65.4 cm³/mol. The van der Waals surface area contributed by atoms with Crippen LogP contribution in [0, 0.1) is 0 Å². The molecule has 0 aromatic rings. The Morgan fingerprint density at radius 3 is 3.00 bits per heavy atom. The van der Waals surface area contributed by atoms with Crippen LogP contribution in [0.25, 0.3) is 0 Å². The standard InChI is InChI=1S/C11H18N4O/c1-14(2)7-8-16-10-13-15-6-4-3-5-11(15)9-12/h3-6,9-10H,7-8,12H2,1-2H3/b11-9+,13-10+. The second kappa shape index (κ2) is 6.68. The first-order chi connectivity index (χ1) is 7.74. The van der Waals surface area contributed by atoms with Gasteiger partial charge in [-0.25, -0.2) is 5.01 Å².